The molecule has 0 aliphatic carbocycles. The van der Waals surface area contributed by atoms with Gasteiger partial charge in [-0.2, -0.15) is 0 Å². The third-order valence-electron chi connectivity index (χ3n) is 5.06. The van der Waals surface area contributed by atoms with E-state index in [1.807, 2.05) is 6.92 Å². The Hall–Kier alpha value is -4.04. The second-order valence-electron chi connectivity index (χ2n) is 7.42. The van der Waals surface area contributed by atoms with Gasteiger partial charge in [-0.3, -0.25) is 14.4 Å². The first-order valence-corrected chi connectivity index (χ1v) is 11.0. The lowest BCUT2D eigenvalue weighted by molar-refractivity contribution is -0.121. The van der Waals surface area contributed by atoms with Crippen LogP contribution in [-0.2, 0) is 27.3 Å². The van der Waals surface area contributed by atoms with Crippen molar-refractivity contribution in [3.8, 4) is 5.75 Å². The Morgan fingerprint density at radius 1 is 1.03 bits per heavy atom. The van der Waals surface area contributed by atoms with Crippen LogP contribution in [0.3, 0.4) is 0 Å². The highest BCUT2D eigenvalue weighted by molar-refractivity contribution is 6.53. The Morgan fingerprint density at radius 3 is 2.41 bits per heavy atom. The molecule has 0 saturated carbocycles. The number of furan rings is 1. The molecule has 1 aromatic heterocycles. The third kappa shape index (κ3) is 5.13. The summed E-state index contributed by atoms with van der Waals surface area (Å²) in [5.74, 6) is -0.000243. The van der Waals surface area contributed by atoms with E-state index in [4.69, 9.17) is 20.8 Å². The van der Waals surface area contributed by atoms with Gasteiger partial charge in [0.15, 0.2) is 0 Å². The summed E-state index contributed by atoms with van der Waals surface area (Å²) < 4.78 is 10.6. The van der Waals surface area contributed by atoms with Crippen molar-refractivity contribution in [2.75, 3.05) is 16.8 Å². The van der Waals surface area contributed by atoms with Gasteiger partial charge in [0.1, 0.15) is 22.2 Å². The number of halogens is 1. The molecule has 3 aromatic rings. The fourth-order valence-electron chi connectivity index (χ4n) is 3.40. The fraction of sp³-hybridized carbons (Fsp3) is 0.160. The molecule has 2 aromatic carbocycles. The molecule has 0 radical (unpaired) electrons. The summed E-state index contributed by atoms with van der Waals surface area (Å²) in [7, 11) is 0. The third-order valence-corrected chi connectivity index (χ3v) is 5.41. The Kier molecular flexibility index (Phi) is 6.98. The van der Waals surface area contributed by atoms with Crippen LogP contribution in [0, 0.1) is 0 Å². The fourth-order valence-corrected chi connectivity index (χ4v) is 3.61. The molecule has 0 spiro atoms. The van der Waals surface area contributed by atoms with Crippen molar-refractivity contribution in [1.82, 2.24) is 5.32 Å². The molecule has 0 bridgehead atoms. The molecular weight excluding hydrogens is 458 g/mol. The van der Waals surface area contributed by atoms with E-state index in [0.29, 0.717) is 36.0 Å². The maximum absolute atomic E-state index is 12.9. The molecule has 34 heavy (non-hydrogen) atoms. The standard InChI is InChI=1S/C25H22ClN3O5/c1-2-33-19-11-9-18(10-12-19)29-24(31)22(26)23(25(29)32)28-17-7-5-16(6-8-17)14-21(30)27-15-20-4-3-13-34-20/h3-13,28H,2,14-15H2,1H3,(H,27,30). The minimum Gasteiger partial charge on any atom is -0.494 e. The van der Waals surface area contributed by atoms with E-state index in [0.717, 1.165) is 10.5 Å². The van der Waals surface area contributed by atoms with Crippen LogP contribution in [-0.4, -0.2) is 24.3 Å². The first-order chi connectivity index (χ1) is 16.5. The maximum Gasteiger partial charge on any atom is 0.283 e. The monoisotopic (exact) mass is 479 g/mol. The number of ether oxygens (including phenoxy) is 1. The average molecular weight is 480 g/mol. The average Bonchev–Trinajstić information content (AvgIpc) is 3.43. The zero-order valence-electron chi connectivity index (χ0n) is 18.3. The molecule has 0 unspecified atom stereocenters. The zero-order valence-corrected chi connectivity index (χ0v) is 19.1. The van der Waals surface area contributed by atoms with Gasteiger partial charge in [-0.25, -0.2) is 4.90 Å². The van der Waals surface area contributed by atoms with Crippen molar-refractivity contribution in [1.29, 1.82) is 0 Å². The van der Waals surface area contributed by atoms with Gasteiger partial charge in [0.05, 0.1) is 31.5 Å². The molecule has 2 heterocycles. The van der Waals surface area contributed by atoms with Crippen molar-refractivity contribution < 1.29 is 23.5 Å². The molecule has 0 atom stereocenters. The Bertz CT molecular complexity index is 1220. The van der Waals surface area contributed by atoms with Crippen LogP contribution in [0.15, 0.2) is 82.1 Å². The molecule has 2 N–H and O–H groups in total. The van der Waals surface area contributed by atoms with Gasteiger partial charge in [-0.15, -0.1) is 0 Å². The summed E-state index contributed by atoms with van der Waals surface area (Å²) in [4.78, 5) is 38.7. The summed E-state index contributed by atoms with van der Waals surface area (Å²) in [6.07, 6.45) is 1.74. The number of amides is 3. The summed E-state index contributed by atoms with van der Waals surface area (Å²) in [6.45, 7) is 2.70. The topological polar surface area (TPSA) is 101 Å². The van der Waals surface area contributed by atoms with Crippen LogP contribution in [0.25, 0.3) is 0 Å². The van der Waals surface area contributed by atoms with Crippen molar-refractivity contribution in [3.63, 3.8) is 0 Å². The Morgan fingerprint density at radius 2 is 1.76 bits per heavy atom. The number of carbonyl (C=O) groups excluding carboxylic acids is 3. The molecule has 1 aliphatic heterocycles. The summed E-state index contributed by atoms with van der Waals surface area (Å²) in [6, 6.07) is 17.1. The van der Waals surface area contributed by atoms with Crippen LogP contribution in [0.2, 0.25) is 0 Å². The van der Waals surface area contributed by atoms with Crippen LogP contribution in [0.1, 0.15) is 18.2 Å². The molecule has 9 heteroatoms. The lowest BCUT2D eigenvalue weighted by Crippen LogP contribution is -2.32. The van der Waals surface area contributed by atoms with E-state index in [1.54, 1.807) is 66.9 Å². The minimum absolute atomic E-state index is 0.00973. The predicted molar refractivity (Wildman–Crippen MR) is 127 cm³/mol. The number of hydrogen-bond donors (Lipinski definition) is 2. The normalized spacial score (nSPS) is 13.4. The van der Waals surface area contributed by atoms with Crippen molar-refractivity contribution in [2.24, 2.45) is 0 Å². The van der Waals surface area contributed by atoms with Gasteiger partial charge in [-0.05, 0) is 61.0 Å². The predicted octanol–water partition coefficient (Wildman–Crippen LogP) is 3.97. The van der Waals surface area contributed by atoms with Gasteiger partial charge < -0.3 is 19.8 Å². The molecule has 8 nitrogen and oxygen atoms in total. The first kappa shape index (κ1) is 23.1. The zero-order chi connectivity index (χ0) is 24.1. The van der Waals surface area contributed by atoms with Gasteiger partial charge >= 0.3 is 0 Å². The smallest absolute Gasteiger partial charge is 0.283 e. The lowest BCUT2D eigenvalue weighted by Gasteiger charge is -2.15. The second kappa shape index (κ2) is 10.3. The quantitative estimate of drug-likeness (QED) is 0.450. The van der Waals surface area contributed by atoms with E-state index in [1.165, 1.54) is 0 Å². The van der Waals surface area contributed by atoms with Gasteiger partial charge in [0, 0.05) is 5.69 Å². The van der Waals surface area contributed by atoms with E-state index in [9.17, 15) is 14.4 Å². The number of hydrogen-bond acceptors (Lipinski definition) is 6. The molecule has 0 fully saturated rings. The maximum atomic E-state index is 12.9. The number of benzene rings is 2. The number of nitrogens with zero attached hydrogens (tertiary/aromatic N) is 1. The van der Waals surface area contributed by atoms with Crippen molar-refractivity contribution in [3.05, 3.63) is 89.0 Å². The highest BCUT2D eigenvalue weighted by atomic mass is 35.5. The largest absolute Gasteiger partial charge is 0.494 e. The minimum atomic E-state index is -0.608. The van der Waals surface area contributed by atoms with E-state index >= 15 is 0 Å². The van der Waals surface area contributed by atoms with Crippen LogP contribution >= 0.6 is 11.6 Å². The number of nitrogens with one attached hydrogen (secondary N) is 2. The van der Waals surface area contributed by atoms with E-state index in [-0.39, 0.29) is 23.1 Å². The van der Waals surface area contributed by atoms with Gasteiger partial charge in [-0.1, -0.05) is 23.7 Å². The number of imide groups is 1. The SMILES string of the molecule is CCOc1ccc(N2C(=O)C(Cl)=C(Nc3ccc(CC(=O)NCc4ccco4)cc3)C2=O)cc1. The summed E-state index contributed by atoms with van der Waals surface area (Å²) >= 11 is 6.20. The molecule has 0 saturated heterocycles. The van der Waals surface area contributed by atoms with Crippen LogP contribution in [0.4, 0.5) is 11.4 Å². The highest BCUT2D eigenvalue weighted by Crippen LogP contribution is 2.31. The van der Waals surface area contributed by atoms with E-state index in [2.05, 4.69) is 10.6 Å². The van der Waals surface area contributed by atoms with Crippen molar-refractivity contribution >= 4 is 40.7 Å². The molecule has 4 rings (SSSR count). The van der Waals surface area contributed by atoms with E-state index < -0.39 is 11.8 Å². The Labute approximate surface area is 201 Å². The number of carbonyl (C=O) groups is 3. The summed E-state index contributed by atoms with van der Waals surface area (Å²) in [5.41, 5.74) is 1.73. The second-order valence-corrected chi connectivity index (χ2v) is 7.79. The molecule has 174 valence electrons. The van der Waals surface area contributed by atoms with Gasteiger partial charge in [0.2, 0.25) is 5.91 Å². The first-order valence-electron chi connectivity index (χ1n) is 10.6. The Balaban J connectivity index is 1.38. The molecule has 1 aliphatic rings. The number of rotatable bonds is 9. The summed E-state index contributed by atoms with van der Waals surface area (Å²) in [5, 5.41) is 5.52. The number of anilines is 2. The van der Waals surface area contributed by atoms with Crippen LogP contribution in [0.5, 0.6) is 5.75 Å². The molecule has 3 amide bonds. The van der Waals surface area contributed by atoms with Crippen LogP contribution < -0.4 is 20.3 Å². The van der Waals surface area contributed by atoms with Crippen molar-refractivity contribution in [2.45, 2.75) is 19.9 Å². The van der Waals surface area contributed by atoms with Gasteiger partial charge in [0.25, 0.3) is 11.8 Å². The highest BCUT2D eigenvalue weighted by Gasteiger charge is 2.38. The lowest BCUT2D eigenvalue weighted by atomic mass is 10.1. The molecular formula is C25H22ClN3O5.